The number of amides is 1. The van der Waals surface area contributed by atoms with Crippen molar-refractivity contribution in [1.82, 2.24) is 4.90 Å². The van der Waals surface area contributed by atoms with Gasteiger partial charge in [-0.25, -0.2) is 0 Å². The minimum atomic E-state index is -0.136. The average Bonchev–Trinajstić information content (AvgIpc) is 2.37. The van der Waals surface area contributed by atoms with Crippen LogP contribution in [-0.4, -0.2) is 42.2 Å². The highest BCUT2D eigenvalue weighted by atomic mass is 16.3. The Morgan fingerprint density at radius 1 is 1.40 bits per heavy atom. The van der Waals surface area contributed by atoms with E-state index in [0.29, 0.717) is 19.0 Å². The van der Waals surface area contributed by atoms with Crippen LogP contribution < -0.4 is 11.1 Å². The number of carbonyl (C=O) groups is 1. The van der Waals surface area contributed by atoms with Gasteiger partial charge < -0.3 is 16.2 Å². The molecule has 0 heterocycles. The summed E-state index contributed by atoms with van der Waals surface area (Å²) in [4.78, 5) is 13.9. The number of nitrogens with two attached hydrogens (primary N) is 1. The quantitative estimate of drug-likeness (QED) is 0.718. The molecule has 20 heavy (non-hydrogen) atoms. The maximum Gasteiger partial charge on any atom is 0.238 e. The zero-order chi connectivity index (χ0) is 14.5. The summed E-state index contributed by atoms with van der Waals surface area (Å²) in [6.07, 6.45) is 1.57. The first kappa shape index (κ1) is 15.0. The smallest absolute Gasteiger partial charge is 0.238 e. The topological polar surface area (TPSA) is 78.6 Å². The lowest BCUT2D eigenvalue weighted by atomic mass is 9.82. The molecule has 0 radical (unpaired) electrons. The molecule has 0 atom stereocenters. The molecule has 0 spiro atoms. The van der Waals surface area contributed by atoms with Gasteiger partial charge >= 0.3 is 0 Å². The van der Waals surface area contributed by atoms with E-state index in [1.807, 2.05) is 36.2 Å². The van der Waals surface area contributed by atoms with Crippen molar-refractivity contribution in [2.45, 2.75) is 25.5 Å². The largest absolute Gasteiger partial charge is 0.393 e. The fourth-order valence-electron chi connectivity index (χ4n) is 2.52. The molecular weight excluding hydrogens is 254 g/mol. The van der Waals surface area contributed by atoms with Crippen LogP contribution in [-0.2, 0) is 11.3 Å². The van der Waals surface area contributed by atoms with Gasteiger partial charge in [0.25, 0.3) is 0 Å². The van der Waals surface area contributed by atoms with Gasteiger partial charge in [-0.15, -0.1) is 0 Å². The summed E-state index contributed by atoms with van der Waals surface area (Å²) >= 11 is 0. The zero-order valence-electron chi connectivity index (χ0n) is 11.9. The van der Waals surface area contributed by atoms with Crippen LogP contribution in [0, 0.1) is 5.92 Å². The predicted octanol–water partition coefficient (Wildman–Crippen LogP) is 0.786. The van der Waals surface area contributed by atoms with Gasteiger partial charge in [-0.05, 0) is 43.5 Å². The lowest BCUT2D eigenvalue weighted by molar-refractivity contribution is -0.117. The van der Waals surface area contributed by atoms with E-state index >= 15 is 0 Å². The molecule has 1 aromatic carbocycles. The molecule has 0 aromatic heterocycles. The maximum absolute atomic E-state index is 11.9. The van der Waals surface area contributed by atoms with E-state index in [2.05, 4.69) is 5.32 Å². The van der Waals surface area contributed by atoms with Crippen molar-refractivity contribution >= 4 is 11.6 Å². The summed E-state index contributed by atoms with van der Waals surface area (Å²) in [6, 6.07) is 7.55. The Labute approximate surface area is 119 Å². The van der Waals surface area contributed by atoms with Gasteiger partial charge in [-0.1, -0.05) is 12.1 Å². The summed E-state index contributed by atoms with van der Waals surface area (Å²) in [7, 11) is 1.93. The van der Waals surface area contributed by atoms with E-state index in [0.717, 1.165) is 30.6 Å². The average molecular weight is 277 g/mol. The second kappa shape index (κ2) is 6.83. The van der Waals surface area contributed by atoms with Gasteiger partial charge in [0, 0.05) is 18.8 Å². The normalized spacial score (nSPS) is 21.6. The number of benzene rings is 1. The molecule has 1 aliphatic rings. The zero-order valence-corrected chi connectivity index (χ0v) is 11.9. The third-order valence-corrected chi connectivity index (χ3v) is 3.67. The number of aliphatic hydroxyl groups excluding tert-OH is 1. The van der Waals surface area contributed by atoms with Crippen LogP contribution in [0.3, 0.4) is 0 Å². The fraction of sp³-hybridized carbons (Fsp3) is 0.533. The molecule has 0 saturated heterocycles. The first-order chi connectivity index (χ1) is 9.56. The summed E-state index contributed by atoms with van der Waals surface area (Å²) in [6.45, 7) is 1.73. The molecular formula is C15H23N3O2. The molecule has 0 bridgehead atoms. The molecule has 5 nitrogen and oxygen atoms in total. The Morgan fingerprint density at radius 3 is 2.60 bits per heavy atom. The highest BCUT2D eigenvalue weighted by molar-refractivity contribution is 5.92. The Morgan fingerprint density at radius 2 is 2.05 bits per heavy atom. The predicted molar refractivity (Wildman–Crippen MR) is 79.2 cm³/mol. The van der Waals surface area contributed by atoms with Crippen molar-refractivity contribution in [2.24, 2.45) is 11.7 Å². The third kappa shape index (κ3) is 4.30. The lowest BCUT2D eigenvalue weighted by Crippen LogP contribution is -2.39. The van der Waals surface area contributed by atoms with Gasteiger partial charge in [-0.2, -0.15) is 0 Å². The number of anilines is 1. The third-order valence-electron chi connectivity index (χ3n) is 3.67. The van der Waals surface area contributed by atoms with Gasteiger partial charge in [0.15, 0.2) is 0 Å². The molecule has 5 heteroatoms. The van der Waals surface area contributed by atoms with Crippen molar-refractivity contribution in [3.63, 3.8) is 0 Å². The number of carbonyl (C=O) groups excluding carboxylic acids is 1. The molecule has 1 fully saturated rings. The highest BCUT2D eigenvalue weighted by Crippen LogP contribution is 2.27. The number of hydrogen-bond acceptors (Lipinski definition) is 4. The van der Waals surface area contributed by atoms with Crippen LogP contribution in [0.2, 0.25) is 0 Å². The van der Waals surface area contributed by atoms with Gasteiger partial charge in [-0.3, -0.25) is 9.69 Å². The number of hydrogen-bond donors (Lipinski definition) is 3. The van der Waals surface area contributed by atoms with Crippen LogP contribution >= 0.6 is 0 Å². The minimum absolute atomic E-state index is 0.0205. The molecule has 4 N–H and O–H groups in total. The molecule has 1 amide bonds. The van der Waals surface area contributed by atoms with E-state index in [4.69, 9.17) is 5.73 Å². The molecule has 110 valence electrons. The standard InChI is InChI=1S/C15H23N3O2/c1-18(9-12-6-14(19)7-12)10-15(20)17-13-4-2-11(8-16)3-5-13/h2-5,12,14,19H,6-10,16H2,1H3,(H,17,20). The van der Waals surface area contributed by atoms with E-state index in [9.17, 15) is 9.90 Å². The summed E-state index contributed by atoms with van der Waals surface area (Å²) in [5, 5.41) is 12.1. The molecule has 1 aliphatic carbocycles. The summed E-state index contributed by atoms with van der Waals surface area (Å²) in [5.41, 5.74) is 7.37. The molecule has 0 unspecified atom stereocenters. The number of rotatable bonds is 6. The summed E-state index contributed by atoms with van der Waals surface area (Å²) in [5.74, 6) is 0.500. The Hall–Kier alpha value is -1.43. The number of likely N-dealkylation sites (N-methyl/N-ethyl adjacent to an activating group) is 1. The van der Waals surface area contributed by atoms with Gasteiger partial charge in [0.2, 0.25) is 5.91 Å². The molecule has 1 aromatic rings. The van der Waals surface area contributed by atoms with Gasteiger partial charge in [0.1, 0.15) is 0 Å². The molecule has 1 saturated carbocycles. The maximum atomic E-state index is 11.9. The number of aliphatic hydroxyl groups is 1. The van der Waals surface area contributed by atoms with Crippen LogP contribution in [0.25, 0.3) is 0 Å². The molecule has 0 aliphatic heterocycles. The molecule has 2 rings (SSSR count). The van der Waals surface area contributed by atoms with Crippen molar-refractivity contribution in [3.05, 3.63) is 29.8 Å². The minimum Gasteiger partial charge on any atom is -0.393 e. The van der Waals surface area contributed by atoms with E-state index in [1.165, 1.54) is 0 Å². The second-order valence-corrected chi connectivity index (χ2v) is 5.64. The van der Waals surface area contributed by atoms with E-state index in [1.54, 1.807) is 0 Å². The first-order valence-electron chi connectivity index (χ1n) is 7.02. The Bertz CT molecular complexity index is 441. The first-order valence-corrected chi connectivity index (χ1v) is 7.02. The van der Waals surface area contributed by atoms with Crippen molar-refractivity contribution < 1.29 is 9.90 Å². The van der Waals surface area contributed by atoms with Crippen LogP contribution in [0.1, 0.15) is 18.4 Å². The Kier molecular flexibility index (Phi) is 5.11. The van der Waals surface area contributed by atoms with Crippen molar-refractivity contribution in [2.75, 3.05) is 25.5 Å². The monoisotopic (exact) mass is 277 g/mol. The SMILES string of the molecule is CN(CC(=O)Nc1ccc(CN)cc1)CC1CC(O)C1. The fourth-order valence-corrected chi connectivity index (χ4v) is 2.52. The number of nitrogens with one attached hydrogen (secondary N) is 1. The van der Waals surface area contributed by atoms with Crippen molar-refractivity contribution in [3.8, 4) is 0 Å². The van der Waals surface area contributed by atoms with Gasteiger partial charge in [0.05, 0.1) is 12.6 Å². The van der Waals surface area contributed by atoms with Crippen LogP contribution in [0.15, 0.2) is 24.3 Å². The van der Waals surface area contributed by atoms with Crippen LogP contribution in [0.4, 0.5) is 5.69 Å². The van der Waals surface area contributed by atoms with Crippen molar-refractivity contribution in [1.29, 1.82) is 0 Å². The highest BCUT2D eigenvalue weighted by Gasteiger charge is 2.28. The second-order valence-electron chi connectivity index (χ2n) is 5.64. The van der Waals surface area contributed by atoms with E-state index < -0.39 is 0 Å². The number of nitrogens with zero attached hydrogens (tertiary/aromatic N) is 1. The Balaban J connectivity index is 1.73. The van der Waals surface area contributed by atoms with Crippen LogP contribution in [0.5, 0.6) is 0 Å². The lowest BCUT2D eigenvalue weighted by Gasteiger charge is -2.34. The summed E-state index contributed by atoms with van der Waals surface area (Å²) < 4.78 is 0. The van der Waals surface area contributed by atoms with E-state index in [-0.39, 0.29) is 12.0 Å².